The molecule has 0 aliphatic carbocycles. The Balaban J connectivity index is 0.953. The van der Waals surface area contributed by atoms with E-state index in [1.807, 2.05) is 6.07 Å². The predicted octanol–water partition coefficient (Wildman–Crippen LogP) is 5.82. The van der Waals surface area contributed by atoms with Crippen molar-refractivity contribution < 1.29 is 13.2 Å². The lowest BCUT2D eigenvalue weighted by molar-refractivity contribution is -0.126. The summed E-state index contributed by atoms with van der Waals surface area (Å²) in [7, 11) is 0. The summed E-state index contributed by atoms with van der Waals surface area (Å²) in [6.45, 7) is 11.6. The Morgan fingerprint density at radius 3 is 2.53 bits per heavy atom. The molecule has 0 unspecified atom stereocenters. The Labute approximate surface area is 276 Å². The van der Waals surface area contributed by atoms with Crippen molar-refractivity contribution >= 4 is 44.1 Å². The molecule has 3 aliphatic rings. The summed E-state index contributed by atoms with van der Waals surface area (Å²) in [6.07, 6.45) is 0.324. The zero-order chi connectivity index (χ0) is 32.5. The van der Waals surface area contributed by atoms with Gasteiger partial charge in [-0.3, -0.25) is 14.8 Å². The number of rotatable bonds is 8. The lowest BCUT2D eigenvalue weighted by Crippen LogP contribution is -2.49. The standard InChI is InChI=1S/C34H40F3N9S/c1-23-24(21-44-9-6-25(7-10-44)42-32-29-18-27(19-34(35,36)37)47-33(29)41-22-40-32)4-5-30-28(23)17-26(20-38)46(30)16-13-43-11-14-45(15-12-43)31-3-2-8-39-31/h4-5,17-18,22,25H,2-3,6-16,19,21H2,1H3,(H,40,41,42). The van der Waals surface area contributed by atoms with Gasteiger partial charge in [-0.1, -0.05) is 6.07 Å². The van der Waals surface area contributed by atoms with Gasteiger partial charge in [0.05, 0.1) is 17.6 Å². The quantitative estimate of drug-likeness (QED) is 0.254. The Morgan fingerprint density at radius 1 is 1.00 bits per heavy atom. The van der Waals surface area contributed by atoms with E-state index < -0.39 is 12.6 Å². The first-order chi connectivity index (χ1) is 22.7. The van der Waals surface area contributed by atoms with Crippen molar-refractivity contribution in [2.75, 3.05) is 57.7 Å². The number of likely N-dealkylation sites (tertiary alicyclic amines) is 1. The number of hydrogen-bond donors (Lipinski definition) is 1. The molecule has 0 bridgehead atoms. The minimum atomic E-state index is -4.25. The molecule has 248 valence electrons. The zero-order valence-corrected chi connectivity index (χ0v) is 27.5. The number of piperidine rings is 1. The van der Waals surface area contributed by atoms with Gasteiger partial charge in [-0.2, -0.15) is 18.4 Å². The Bertz CT molecular complexity index is 1810. The molecule has 47 heavy (non-hydrogen) atoms. The summed E-state index contributed by atoms with van der Waals surface area (Å²) < 4.78 is 41.0. The number of benzene rings is 1. The van der Waals surface area contributed by atoms with Crippen LogP contribution in [0.5, 0.6) is 0 Å². The van der Waals surface area contributed by atoms with Crippen LogP contribution in [0.2, 0.25) is 0 Å². The fourth-order valence-corrected chi connectivity index (χ4v) is 8.28. The summed E-state index contributed by atoms with van der Waals surface area (Å²) >= 11 is 1.07. The van der Waals surface area contributed by atoms with E-state index in [0.717, 1.165) is 107 Å². The summed E-state index contributed by atoms with van der Waals surface area (Å²) in [5.41, 5.74) is 4.32. The Hall–Kier alpha value is -3.73. The van der Waals surface area contributed by atoms with Crippen molar-refractivity contribution in [2.24, 2.45) is 4.99 Å². The Kier molecular flexibility index (Phi) is 9.09. The van der Waals surface area contributed by atoms with Gasteiger partial charge in [-0.15, -0.1) is 11.3 Å². The number of amidine groups is 1. The molecule has 4 aromatic rings. The fraction of sp³-hybridized carbons (Fsp3) is 0.529. The highest BCUT2D eigenvalue weighted by molar-refractivity contribution is 7.18. The van der Waals surface area contributed by atoms with E-state index >= 15 is 0 Å². The highest BCUT2D eigenvalue weighted by Gasteiger charge is 2.29. The molecule has 7 rings (SSSR count). The third-order valence-corrected chi connectivity index (χ3v) is 10.9. The van der Waals surface area contributed by atoms with E-state index in [1.54, 1.807) is 6.07 Å². The van der Waals surface area contributed by atoms with Gasteiger partial charge >= 0.3 is 6.18 Å². The van der Waals surface area contributed by atoms with Crippen LogP contribution in [0.25, 0.3) is 21.1 Å². The molecule has 3 aromatic heterocycles. The molecule has 2 fully saturated rings. The molecule has 9 nitrogen and oxygen atoms in total. The van der Waals surface area contributed by atoms with E-state index in [0.29, 0.717) is 21.7 Å². The van der Waals surface area contributed by atoms with Gasteiger partial charge in [-0.05, 0) is 55.5 Å². The van der Waals surface area contributed by atoms with E-state index in [9.17, 15) is 18.4 Å². The summed E-state index contributed by atoms with van der Waals surface area (Å²) in [6, 6.07) is 10.6. The van der Waals surface area contributed by atoms with Gasteiger partial charge in [-0.25, -0.2) is 9.97 Å². The van der Waals surface area contributed by atoms with Crippen LogP contribution in [-0.4, -0.2) is 99.6 Å². The number of nitrogens with zero attached hydrogens (tertiary/aromatic N) is 8. The number of anilines is 1. The number of nitriles is 1. The molecule has 13 heteroatoms. The van der Waals surface area contributed by atoms with Crippen LogP contribution in [0, 0.1) is 18.3 Å². The van der Waals surface area contributed by atoms with Crippen LogP contribution in [0.1, 0.15) is 47.4 Å². The van der Waals surface area contributed by atoms with Crippen molar-refractivity contribution in [1.82, 2.24) is 29.2 Å². The number of aliphatic imine (C=N–C) groups is 1. The van der Waals surface area contributed by atoms with E-state index in [4.69, 9.17) is 0 Å². The van der Waals surface area contributed by atoms with Gasteiger partial charge in [0.1, 0.15) is 28.7 Å². The van der Waals surface area contributed by atoms with Crippen molar-refractivity contribution in [3.05, 3.63) is 52.3 Å². The smallest absolute Gasteiger partial charge is 0.367 e. The zero-order valence-electron chi connectivity index (χ0n) is 26.7. The summed E-state index contributed by atoms with van der Waals surface area (Å²) in [5, 5.41) is 15.3. The first kappa shape index (κ1) is 31.8. The van der Waals surface area contributed by atoms with Crippen LogP contribution in [0.4, 0.5) is 19.0 Å². The molecule has 0 radical (unpaired) electrons. The van der Waals surface area contributed by atoms with Gasteiger partial charge in [0, 0.05) is 93.7 Å². The molecule has 0 saturated carbocycles. The van der Waals surface area contributed by atoms with Crippen molar-refractivity contribution in [1.29, 1.82) is 5.26 Å². The lowest BCUT2D eigenvalue weighted by atomic mass is 10.0. The third-order valence-electron chi connectivity index (χ3n) is 9.89. The number of nitrogens with one attached hydrogen (secondary N) is 1. The monoisotopic (exact) mass is 663 g/mol. The normalized spacial score (nSPS) is 18.7. The molecule has 1 aromatic carbocycles. The maximum absolute atomic E-state index is 12.9. The molecular weight excluding hydrogens is 623 g/mol. The summed E-state index contributed by atoms with van der Waals surface area (Å²) in [5.74, 6) is 1.89. The second kappa shape index (κ2) is 13.4. The lowest BCUT2D eigenvalue weighted by Gasteiger charge is -2.36. The molecule has 1 N–H and O–H groups in total. The largest absolute Gasteiger partial charge is 0.393 e. The number of halogens is 3. The summed E-state index contributed by atoms with van der Waals surface area (Å²) in [4.78, 5) is 21.4. The predicted molar refractivity (Wildman–Crippen MR) is 180 cm³/mol. The maximum Gasteiger partial charge on any atom is 0.393 e. The van der Waals surface area contributed by atoms with Gasteiger partial charge in [0.15, 0.2) is 0 Å². The molecule has 0 spiro atoms. The average Bonchev–Trinajstić information content (AvgIpc) is 3.81. The van der Waals surface area contributed by atoms with Crippen LogP contribution < -0.4 is 5.32 Å². The topological polar surface area (TPSA) is 88.6 Å². The molecule has 6 heterocycles. The van der Waals surface area contributed by atoms with Crippen LogP contribution >= 0.6 is 11.3 Å². The van der Waals surface area contributed by atoms with E-state index in [-0.39, 0.29) is 10.9 Å². The molecule has 3 aliphatic heterocycles. The molecule has 0 amide bonds. The molecule has 2 saturated heterocycles. The number of alkyl halides is 3. The first-order valence-corrected chi connectivity index (χ1v) is 17.4. The van der Waals surface area contributed by atoms with Gasteiger partial charge < -0.3 is 14.8 Å². The number of hydrogen-bond acceptors (Lipinski definition) is 9. The van der Waals surface area contributed by atoms with Gasteiger partial charge in [0.2, 0.25) is 0 Å². The maximum atomic E-state index is 12.9. The number of aromatic nitrogens is 3. The third kappa shape index (κ3) is 7.10. The number of thiophene rings is 1. The fourth-order valence-electron chi connectivity index (χ4n) is 7.25. The number of aryl methyl sites for hydroxylation is 1. The Morgan fingerprint density at radius 2 is 1.81 bits per heavy atom. The average molecular weight is 664 g/mol. The SMILES string of the molecule is Cc1c(CN2CCC(Nc3ncnc4sc(CC(F)(F)F)cc34)CC2)ccc2c1cc(C#N)n2CCN1CCN(C2=NCCC2)CC1. The second-order valence-corrected chi connectivity index (χ2v) is 14.1. The van der Waals surface area contributed by atoms with E-state index in [2.05, 4.69) is 64.7 Å². The molecule has 0 atom stereocenters. The van der Waals surface area contributed by atoms with Crippen molar-refractivity contribution in [3.8, 4) is 6.07 Å². The minimum absolute atomic E-state index is 0.186. The second-order valence-electron chi connectivity index (χ2n) is 12.9. The first-order valence-electron chi connectivity index (χ1n) is 16.6. The van der Waals surface area contributed by atoms with Gasteiger partial charge in [0.25, 0.3) is 0 Å². The highest BCUT2D eigenvalue weighted by atomic mass is 32.1. The number of fused-ring (bicyclic) bond motifs is 2. The highest BCUT2D eigenvalue weighted by Crippen LogP contribution is 2.33. The minimum Gasteiger partial charge on any atom is -0.367 e. The van der Waals surface area contributed by atoms with E-state index in [1.165, 1.54) is 29.7 Å². The number of piperazine rings is 1. The molecular formula is C34H40F3N9S. The van der Waals surface area contributed by atoms with Crippen molar-refractivity contribution in [2.45, 2.75) is 64.3 Å². The van der Waals surface area contributed by atoms with Crippen LogP contribution in [0.15, 0.2) is 35.6 Å². The van der Waals surface area contributed by atoms with Crippen LogP contribution in [0.3, 0.4) is 0 Å². The van der Waals surface area contributed by atoms with Crippen LogP contribution in [-0.2, 0) is 19.5 Å². The van der Waals surface area contributed by atoms with Crippen molar-refractivity contribution in [3.63, 3.8) is 0 Å².